The first-order chi connectivity index (χ1) is 35.0. The van der Waals surface area contributed by atoms with Crippen molar-refractivity contribution in [2.75, 3.05) is 4.90 Å². The lowest BCUT2D eigenvalue weighted by Crippen LogP contribution is -2.29. The fourth-order valence-corrected chi connectivity index (χ4v) is 11.9. The van der Waals surface area contributed by atoms with Crippen LogP contribution in [0.4, 0.5) is 17.1 Å². The van der Waals surface area contributed by atoms with E-state index >= 15 is 0 Å². The van der Waals surface area contributed by atoms with Gasteiger partial charge in [0.05, 0.1) is 11.1 Å². The molecule has 2 aliphatic carbocycles. The van der Waals surface area contributed by atoms with Gasteiger partial charge in [-0.2, -0.15) is 0 Å². The molecule has 2 aliphatic rings. The van der Waals surface area contributed by atoms with Crippen molar-refractivity contribution in [1.29, 1.82) is 0 Å². The first-order valence-corrected chi connectivity index (χ1v) is 24.8. The molecule has 0 radical (unpaired) electrons. The van der Waals surface area contributed by atoms with Crippen molar-refractivity contribution < 1.29 is 0 Å². The first-order valence-electron chi connectivity index (χ1n) is 24.8. The first kappa shape index (κ1) is 42.3. The van der Waals surface area contributed by atoms with Crippen molar-refractivity contribution >= 4 is 17.1 Å². The molecular formula is C70H51N. The summed E-state index contributed by atoms with van der Waals surface area (Å²) < 4.78 is 0. The van der Waals surface area contributed by atoms with Crippen LogP contribution in [-0.2, 0) is 10.8 Å². The summed E-state index contributed by atoms with van der Waals surface area (Å²) in [5, 5.41) is 0. The minimum absolute atomic E-state index is 0.323. The van der Waals surface area contributed by atoms with Gasteiger partial charge in [-0.05, 0) is 119 Å². The quantitative estimate of drug-likeness (QED) is 0.139. The summed E-state index contributed by atoms with van der Waals surface area (Å²) in [6.45, 7) is 4.86. The summed E-state index contributed by atoms with van der Waals surface area (Å²) >= 11 is 0. The maximum atomic E-state index is 2.61. The molecular weight excluding hydrogens is 855 g/mol. The van der Waals surface area contributed by atoms with Gasteiger partial charge in [-0.1, -0.05) is 257 Å². The Hall–Kier alpha value is -8.78. The standard InChI is InChI=1S/C70H51N/c1-69(2)62-45-40-55(50-24-12-5-13-25-50)46-61(62)67-64(69)47-65-66(60-30-18-19-31-63(60)70(65,56-26-14-6-15-27-56)57-28-16-7-17-29-57)68(67)71(58-41-36-53(37-42-58)49-22-10-4-11-23-49)59-43-38-54(39-44-59)52-34-32-51(33-35-52)48-20-8-3-9-21-48/h3-47H,1-2H3. The fourth-order valence-electron chi connectivity index (χ4n) is 11.9. The van der Waals surface area contributed by atoms with Crippen LogP contribution in [0.3, 0.4) is 0 Å². The zero-order valence-electron chi connectivity index (χ0n) is 39.9. The average molecular weight is 906 g/mol. The third-order valence-corrected chi connectivity index (χ3v) is 15.4. The smallest absolute Gasteiger partial charge is 0.0714 e. The maximum absolute atomic E-state index is 2.61. The zero-order valence-corrected chi connectivity index (χ0v) is 39.9. The average Bonchev–Trinajstić information content (AvgIpc) is 3.88. The van der Waals surface area contributed by atoms with Crippen LogP contribution in [-0.4, -0.2) is 0 Å². The van der Waals surface area contributed by atoms with Crippen LogP contribution in [0, 0.1) is 0 Å². The molecule has 1 heteroatoms. The van der Waals surface area contributed by atoms with Gasteiger partial charge in [0.25, 0.3) is 0 Å². The summed E-state index contributed by atoms with van der Waals surface area (Å²) in [6, 6.07) is 101. The van der Waals surface area contributed by atoms with Gasteiger partial charge in [-0.15, -0.1) is 0 Å². The molecule has 0 aliphatic heterocycles. The Bertz CT molecular complexity index is 3670. The molecule has 0 atom stereocenters. The van der Waals surface area contributed by atoms with E-state index in [9.17, 15) is 0 Å². The fraction of sp³-hybridized carbons (Fsp3) is 0.0571. The summed E-state index contributed by atoms with van der Waals surface area (Å²) in [5.74, 6) is 0. The van der Waals surface area contributed by atoms with Gasteiger partial charge in [0.1, 0.15) is 0 Å². The Morgan fingerprint density at radius 2 is 0.634 bits per heavy atom. The van der Waals surface area contributed by atoms with Gasteiger partial charge in [0.2, 0.25) is 0 Å². The van der Waals surface area contributed by atoms with E-state index in [1.165, 1.54) is 106 Å². The molecule has 336 valence electrons. The molecule has 71 heavy (non-hydrogen) atoms. The second-order valence-electron chi connectivity index (χ2n) is 19.6. The molecule has 0 N–H and O–H groups in total. The Kier molecular flexibility index (Phi) is 10.1. The van der Waals surface area contributed by atoms with E-state index in [0.717, 1.165) is 11.4 Å². The Labute approximate surface area is 417 Å². The predicted octanol–water partition coefficient (Wildman–Crippen LogP) is 18.5. The third-order valence-electron chi connectivity index (χ3n) is 15.4. The molecule has 11 aromatic carbocycles. The Morgan fingerprint density at radius 3 is 1.11 bits per heavy atom. The molecule has 0 saturated heterocycles. The van der Waals surface area contributed by atoms with E-state index in [2.05, 4.69) is 292 Å². The summed E-state index contributed by atoms with van der Waals surface area (Å²) in [4.78, 5) is 2.58. The van der Waals surface area contributed by atoms with E-state index in [1.54, 1.807) is 0 Å². The summed E-state index contributed by atoms with van der Waals surface area (Å²) in [5.41, 5.74) is 24.9. The lowest BCUT2D eigenvalue weighted by molar-refractivity contribution is 0.656. The number of fused-ring (bicyclic) bond motifs is 6. The lowest BCUT2D eigenvalue weighted by Gasteiger charge is -2.36. The highest BCUT2D eigenvalue weighted by Crippen LogP contribution is 2.65. The van der Waals surface area contributed by atoms with Crippen LogP contribution in [0.5, 0.6) is 0 Å². The molecule has 0 spiro atoms. The van der Waals surface area contributed by atoms with Crippen molar-refractivity contribution in [2.24, 2.45) is 0 Å². The number of nitrogens with zero attached hydrogens (tertiary/aromatic N) is 1. The SMILES string of the molecule is CC1(C)c2ccc(-c3ccccc3)cc2-c2c1cc1c(c2N(c2ccc(-c3ccccc3)cc2)c2ccc(-c3ccc(-c4ccccc4)cc3)cc2)-c2ccccc2C1(c1ccccc1)c1ccccc1. The summed E-state index contributed by atoms with van der Waals surface area (Å²) in [7, 11) is 0. The van der Waals surface area contributed by atoms with Crippen molar-refractivity contribution in [3.8, 4) is 66.8 Å². The number of benzene rings is 11. The Morgan fingerprint density at radius 1 is 0.268 bits per heavy atom. The number of hydrogen-bond donors (Lipinski definition) is 0. The number of hydrogen-bond acceptors (Lipinski definition) is 1. The zero-order chi connectivity index (χ0) is 47.5. The van der Waals surface area contributed by atoms with E-state index in [-0.39, 0.29) is 5.41 Å². The van der Waals surface area contributed by atoms with Gasteiger partial charge in [0, 0.05) is 27.9 Å². The van der Waals surface area contributed by atoms with Crippen LogP contribution in [0.25, 0.3) is 66.8 Å². The van der Waals surface area contributed by atoms with E-state index in [1.807, 2.05) is 0 Å². The second-order valence-corrected chi connectivity index (χ2v) is 19.6. The maximum Gasteiger partial charge on any atom is 0.0714 e. The molecule has 13 rings (SSSR count). The molecule has 0 aromatic heterocycles. The highest BCUT2D eigenvalue weighted by molar-refractivity contribution is 6.07. The van der Waals surface area contributed by atoms with Crippen LogP contribution in [0.2, 0.25) is 0 Å². The molecule has 0 amide bonds. The van der Waals surface area contributed by atoms with Gasteiger partial charge in [-0.25, -0.2) is 0 Å². The molecule has 0 fully saturated rings. The minimum Gasteiger partial charge on any atom is -0.309 e. The lowest BCUT2D eigenvalue weighted by atomic mass is 9.66. The molecule has 0 unspecified atom stereocenters. The minimum atomic E-state index is -0.600. The molecule has 0 heterocycles. The second kappa shape index (κ2) is 17.0. The highest BCUT2D eigenvalue weighted by atomic mass is 15.1. The van der Waals surface area contributed by atoms with Crippen LogP contribution in [0.15, 0.2) is 273 Å². The Balaban J connectivity index is 1.12. The predicted molar refractivity (Wildman–Crippen MR) is 298 cm³/mol. The number of anilines is 3. The van der Waals surface area contributed by atoms with E-state index < -0.39 is 5.41 Å². The number of rotatable bonds is 9. The van der Waals surface area contributed by atoms with Crippen LogP contribution in [0.1, 0.15) is 47.2 Å². The highest BCUT2D eigenvalue weighted by Gasteiger charge is 2.51. The third kappa shape index (κ3) is 6.84. The van der Waals surface area contributed by atoms with E-state index in [0.29, 0.717) is 0 Å². The molecule has 11 aromatic rings. The largest absolute Gasteiger partial charge is 0.309 e. The van der Waals surface area contributed by atoms with Gasteiger partial charge in [0.15, 0.2) is 0 Å². The van der Waals surface area contributed by atoms with Gasteiger partial charge >= 0.3 is 0 Å². The normalized spacial score (nSPS) is 13.4. The van der Waals surface area contributed by atoms with E-state index in [4.69, 9.17) is 0 Å². The van der Waals surface area contributed by atoms with Crippen LogP contribution >= 0.6 is 0 Å². The van der Waals surface area contributed by atoms with Crippen molar-refractivity contribution in [3.63, 3.8) is 0 Å². The van der Waals surface area contributed by atoms with Crippen molar-refractivity contribution in [3.05, 3.63) is 306 Å². The van der Waals surface area contributed by atoms with Crippen molar-refractivity contribution in [1.82, 2.24) is 0 Å². The van der Waals surface area contributed by atoms with Crippen molar-refractivity contribution in [2.45, 2.75) is 24.7 Å². The monoisotopic (exact) mass is 905 g/mol. The van der Waals surface area contributed by atoms with Gasteiger partial charge in [-0.3, -0.25) is 0 Å². The molecule has 0 saturated carbocycles. The topological polar surface area (TPSA) is 3.24 Å². The van der Waals surface area contributed by atoms with Crippen LogP contribution < -0.4 is 4.90 Å². The summed E-state index contributed by atoms with van der Waals surface area (Å²) in [6.07, 6.45) is 0. The molecule has 1 nitrogen and oxygen atoms in total. The van der Waals surface area contributed by atoms with Gasteiger partial charge < -0.3 is 4.90 Å². The molecule has 0 bridgehead atoms.